The van der Waals surface area contributed by atoms with Crippen LogP contribution < -0.4 is 10.7 Å². The van der Waals surface area contributed by atoms with Crippen LogP contribution >= 0.6 is 46.1 Å². The van der Waals surface area contributed by atoms with Gasteiger partial charge in [0.15, 0.2) is 0 Å². The fraction of sp³-hybridized carbons (Fsp3) is 0.0800. The Labute approximate surface area is 215 Å². The highest BCUT2D eigenvalue weighted by atomic mass is 35.5. The lowest BCUT2D eigenvalue weighted by atomic mass is 10.1. The zero-order valence-electron chi connectivity index (χ0n) is 18.1. The molecule has 2 amide bonds. The van der Waals surface area contributed by atoms with Crippen molar-refractivity contribution in [3.05, 3.63) is 97.3 Å². The Morgan fingerprint density at radius 1 is 0.941 bits per heavy atom. The predicted octanol–water partition coefficient (Wildman–Crippen LogP) is 7.58. The summed E-state index contributed by atoms with van der Waals surface area (Å²) in [6.07, 6.45) is 0. The summed E-state index contributed by atoms with van der Waals surface area (Å²) in [5.74, 6) is -0.749. The maximum Gasteiger partial charge on any atom is 0.283 e. The molecule has 172 valence electrons. The number of nitrogens with zero attached hydrogens (tertiary/aromatic N) is 1. The smallest absolute Gasteiger partial charge is 0.283 e. The number of benzene rings is 3. The fourth-order valence-corrected chi connectivity index (χ4v) is 5.26. The van der Waals surface area contributed by atoms with Gasteiger partial charge in [-0.2, -0.15) is 5.10 Å². The quantitative estimate of drug-likeness (QED) is 0.206. The van der Waals surface area contributed by atoms with Crippen LogP contribution in [0.15, 0.2) is 65.8 Å². The summed E-state index contributed by atoms with van der Waals surface area (Å²) in [5.41, 5.74) is 5.81. The van der Waals surface area contributed by atoms with Crippen LogP contribution in [0.3, 0.4) is 0 Å². The Balaban J connectivity index is 1.49. The van der Waals surface area contributed by atoms with Crippen LogP contribution in [0.2, 0.25) is 15.1 Å². The second-order valence-electron chi connectivity index (χ2n) is 7.54. The topological polar surface area (TPSA) is 70.6 Å². The van der Waals surface area contributed by atoms with Gasteiger partial charge in [0.2, 0.25) is 0 Å². The predicted molar refractivity (Wildman–Crippen MR) is 142 cm³/mol. The molecule has 0 saturated heterocycles. The molecule has 5 nitrogen and oxygen atoms in total. The largest absolute Gasteiger partial charge is 0.322 e. The third-order valence-corrected chi connectivity index (χ3v) is 7.23. The number of carbonyl (C=O) groups excluding carboxylic acids is 2. The van der Waals surface area contributed by atoms with Crippen molar-refractivity contribution in [3.63, 3.8) is 0 Å². The van der Waals surface area contributed by atoms with Crippen molar-refractivity contribution in [1.82, 2.24) is 5.43 Å². The molecule has 0 fully saturated rings. The number of fused-ring (bicyclic) bond motifs is 1. The van der Waals surface area contributed by atoms with Crippen LogP contribution in [0.25, 0.3) is 10.1 Å². The molecular formula is C25H18Cl3N3O2S. The van der Waals surface area contributed by atoms with Gasteiger partial charge in [-0.05, 0) is 61.4 Å². The molecule has 0 atom stereocenters. The van der Waals surface area contributed by atoms with Gasteiger partial charge in [-0.1, -0.05) is 59.1 Å². The van der Waals surface area contributed by atoms with Crippen LogP contribution in [0.1, 0.15) is 38.1 Å². The van der Waals surface area contributed by atoms with Gasteiger partial charge in [0, 0.05) is 20.8 Å². The maximum absolute atomic E-state index is 12.7. The van der Waals surface area contributed by atoms with Crippen molar-refractivity contribution in [2.75, 3.05) is 5.32 Å². The first-order valence-electron chi connectivity index (χ1n) is 10.1. The van der Waals surface area contributed by atoms with Crippen LogP contribution in [0.4, 0.5) is 5.69 Å². The zero-order valence-corrected chi connectivity index (χ0v) is 21.2. The molecule has 9 heteroatoms. The summed E-state index contributed by atoms with van der Waals surface area (Å²) in [4.78, 5) is 25.7. The van der Waals surface area contributed by atoms with Crippen molar-refractivity contribution in [1.29, 1.82) is 0 Å². The number of nitrogens with one attached hydrogen (secondary N) is 2. The van der Waals surface area contributed by atoms with E-state index in [2.05, 4.69) is 15.8 Å². The molecule has 2 N–H and O–H groups in total. The molecule has 1 heterocycles. The van der Waals surface area contributed by atoms with Crippen molar-refractivity contribution < 1.29 is 9.59 Å². The first-order valence-corrected chi connectivity index (χ1v) is 12.1. The lowest BCUT2D eigenvalue weighted by Gasteiger charge is -2.09. The minimum atomic E-state index is -0.384. The minimum Gasteiger partial charge on any atom is -0.322 e. The highest BCUT2D eigenvalue weighted by Crippen LogP contribution is 2.35. The van der Waals surface area contributed by atoms with E-state index in [1.54, 1.807) is 37.3 Å². The number of rotatable bonds is 5. The molecule has 0 saturated carbocycles. The van der Waals surface area contributed by atoms with Gasteiger partial charge in [0.25, 0.3) is 11.8 Å². The van der Waals surface area contributed by atoms with Crippen molar-refractivity contribution in [2.24, 2.45) is 5.10 Å². The van der Waals surface area contributed by atoms with Crippen LogP contribution in [0, 0.1) is 6.92 Å². The molecule has 0 unspecified atom stereocenters. The second kappa shape index (κ2) is 10.2. The lowest BCUT2D eigenvalue weighted by Crippen LogP contribution is -2.18. The van der Waals surface area contributed by atoms with Gasteiger partial charge in [0.05, 0.1) is 21.3 Å². The van der Waals surface area contributed by atoms with E-state index in [0.717, 1.165) is 21.2 Å². The van der Waals surface area contributed by atoms with E-state index < -0.39 is 0 Å². The van der Waals surface area contributed by atoms with E-state index in [4.69, 9.17) is 34.8 Å². The molecule has 4 aromatic rings. The third kappa shape index (κ3) is 5.26. The van der Waals surface area contributed by atoms with Crippen molar-refractivity contribution >= 4 is 79.4 Å². The molecule has 0 radical (unpaired) electrons. The van der Waals surface area contributed by atoms with Gasteiger partial charge in [-0.3, -0.25) is 9.59 Å². The summed E-state index contributed by atoms with van der Waals surface area (Å²) in [6.45, 7) is 3.74. The number of anilines is 1. The van der Waals surface area contributed by atoms with E-state index >= 15 is 0 Å². The van der Waals surface area contributed by atoms with Gasteiger partial charge < -0.3 is 5.32 Å². The standard InChI is InChI=1S/C25H18Cl3N3O2S/c1-13-6-8-19-21(10-13)34-23(22(19)28)25(33)31-30-14(2)15-4-3-5-17(11-15)29-24(32)18-9-7-16(26)12-20(18)27/h3-12H,1-2H3,(H,29,32)(H,31,33)/b30-14-. The number of carbonyl (C=O) groups is 2. The Morgan fingerprint density at radius 2 is 1.74 bits per heavy atom. The fourth-order valence-electron chi connectivity index (χ4n) is 3.26. The number of thiophene rings is 1. The molecule has 0 aliphatic carbocycles. The summed E-state index contributed by atoms with van der Waals surface area (Å²) in [7, 11) is 0. The SMILES string of the molecule is C/C(=N/NC(=O)c1sc2cc(C)ccc2c1Cl)c1cccc(NC(=O)c2ccc(Cl)cc2Cl)c1. The number of halogens is 3. The molecule has 4 rings (SSSR count). The van der Waals surface area contributed by atoms with Crippen molar-refractivity contribution in [3.8, 4) is 0 Å². The Hall–Kier alpha value is -2.90. The number of hydrazone groups is 1. The summed E-state index contributed by atoms with van der Waals surface area (Å²) >= 11 is 19.8. The highest BCUT2D eigenvalue weighted by molar-refractivity contribution is 7.21. The van der Waals surface area contributed by atoms with E-state index in [0.29, 0.717) is 31.9 Å². The summed E-state index contributed by atoms with van der Waals surface area (Å²) < 4.78 is 0.945. The Bertz CT molecular complexity index is 1460. The average molecular weight is 531 g/mol. The molecule has 0 aliphatic heterocycles. The number of amides is 2. The molecule has 34 heavy (non-hydrogen) atoms. The van der Waals surface area contributed by atoms with Crippen LogP contribution in [-0.2, 0) is 0 Å². The lowest BCUT2D eigenvalue weighted by molar-refractivity contribution is 0.0958. The number of aryl methyl sites for hydroxylation is 1. The normalized spacial score (nSPS) is 11.5. The van der Waals surface area contributed by atoms with Crippen LogP contribution in [-0.4, -0.2) is 17.5 Å². The number of hydrogen-bond acceptors (Lipinski definition) is 4. The van der Waals surface area contributed by atoms with Gasteiger partial charge in [-0.25, -0.2) is 5.43 Å². The maximum atomic E-state index is 12.7. The van der Waals surface area contributed by atoms with E-state index in [1.165, 1.54) is 17.4 Å². The van der Waals surface area contributed by atoms with Crippen molar-refractivity contribution in [2.45, 2.75) is 13.8 Å². The van der Waals surface area contributed by atoms with E-state index in [9.17, 15) is 9.59 Å². The first-order chi connectivity index (χ1) is 16.2. The minimum absolute atomic E-state index is 0.261. The molecule has 3 aromatic carbocycles. The van der Waals surface area contributed by atoms with Gasteiger partial charge in [-0.15, -0.1) is 11.3 Å². The van der Waals surface area contributed by atoms with Crippen LogP contribution in [0.5, 0.6) is 0 Å². The monoisotopic (exact) mass is 529 g/mol. The Morgan fingerprint density at radius 3 is 2.50 bits per heavy atom. The van der Waals surface area contributed by atoms with E-state index in [-0.39, 0.29) is 16.8 Å². The molecule has 1 aromatic heterocycles. The number of hydrogen-bond donors (Lipinski definition) is 2. The molecule has 0 spiro atoms. The molecule has 0 bridgehead atoms. The molecular weight excluding hydrogens is 513 g/mol. The first kappa shape index (κ1) is 24.2. The third-order valence-electron chi connectivity index (χ3n) is 5.03. The molecule has 0 aliphatic rings. The Kier molecular flexibility index (Phi) is 7.24. The summed E-state index contributed by atoms with van der Waals surface area (Å²) in [6, 6.07) is 17.6. The van der Waals surface area contributed by atoms with E-state index in [1.807, 2.05) is 31.2 Å². The van der Waals surface area contributed by atoms with Gasteiger partial charge in [0.1, 0.15) is 4.88 Å². The van der Waals surface area contributed by atoms with Gasteiger partial charge >= 0.3 is 0 Å². The second-order valence-corrected chi connectivity index (χ2v) is 9.82. The zero-order chi connectivity index (χ0) is 24.4. The highest BCUT2D eigenvalue weighted by Gasteiger charge is 2.17. The average Bonchev–Trinajstić information content (AvgIpc) is 3.12. The summed E-state index contributed by atoms with van der Waals surface area (Å²) in [5, 5.41) is 8.99.